The van der Waals surface area contributed by atoms with Crippen LogP contribution >= 0.6 is 0 Å². The number of carbonyl (C=O) groups excluding carboxylic acids is 1. The fourth-order valence-electron chi connectivity index (χ4n) is 3.24. The summed E-state index contributed by atoms with van der Waals surface area (Å²) in [6.07, 6.45) is 0. The first-order valence-electron chi connectivity index (χ1n) is 10.2. The van der Waals surface area contributed by atoms with Crippen LogP contribution < -0.4 is 19.5 Å². The van der Waals surface area contributed by atoms with E-state index in [2.05, 4.69) is 15.5 Å². The van der Waals surface area contributed by atoms with Crippen molar-refractivity contribution in [3.05, 3.63) is 72.3 Å². The van der Waals surface area contributed by atoms with Crippen LogP contribution in [0.1, 0.15) is 5.56 Å². The minimum absolute atomic E-state index is 0.226. The Morgan fingerprint density at radius 3 is 2.61 bits per heavy atom. The lowest BCUT2D eigenvalue weighted by Gasteiger charge is -2.13. The van der Waals surface area contributed by atoms with E-state index in [4.69, 9.17) is 18.7 Å². The Morgan fingerprint density at radius 2 is 1.82 bits per heavy atom. The van der Waals surface area contributed by atoms with E-state index in [1.165, 1.54) is 7.11 Å². The van der Waals surface area contributed by atoms with Crippen LogP contribution in [0.4, 0.5) is 5.69 Å². The molecule has 0 aliphatic heterocycles. The maximum atomic E-state index is 12.5. The van der Waals surface area contributed by atoms with E-state index in [0.29, 0.717) is 40.2 Å². The zero-order chi connectivity index (χ0) is 23.2. The number of ether oxygens (including phenoxy) is 3. The predicted octanol–water partition coefficient (Wildman–Crippen LogP) is 4.75. The minimum atomic E-state index is -0.359. The maximum absolute atomic E-state index is 12.5. The second-order valence-corrected chi connectivity index (χ2v) is 7.19. The van der Waals surface area contributed by atoms with Gasteiger partial charge in [-0.3, -0.25) is 4.79 Å². The van der Waals surface area contributed by atoms with E-state index < -0.39 is 0 Å². The van der Waals surface area contributed by atoms with Crippen molar-refractivity contribution in [1.82, 2.24) is 10.1 Å². The molecule has 0 spiro atoms. The SMILES string of the molecule is COc1ccc(OC)c(NC(=O)COc2ccccc2-c2nc(-c3cccc(C)c3)no2)c1. The van der Waals surface area contributed by atoms with Gasteiger partial charge in [0.05, 0.1) is 25.5 Å². The van der Waals surface area contributed by atoms with Crippen molar-refractivity contribution < 1.29 is 23.5 Å². The van der Waals surface area contributed by atoms with Gasteiger partial charge in [0.25, 0.3) is 11.8 Å². The molecule has 1 amide bonds. The molecule has 0 aliphatic rings. The van der Waals surface area contributed by atoms with E-state index in [1.807, 2.05) is 37.3 Å². The molecule has 0 aliphatic carbocycles. The zero-order valence-electron chi connectivity index (χ0n) is 18.5. The number of nitrogens with one attached hydrogen (secondary N) is 1. The highest BCUT2D eigenvalue weighted by Crippen LogP contribution is 2.31. The van der Waals surface area contributed by atoms with E-state index in [-0.39, 0.29) is 12.5 Å². The maximum Gasteiger partial charge on any atom is 0.262 e. The van der Waals surface area contributed by atoms with Gasteiger partial charge in [-0.05, 0) is 37.3 Å². The summed E-state index contributed by atoms with van der Waals surface area (Å²) in [6, 6.07) is 20.2. The monoisotopic (exact) mass is 445 g/mol. The van der Waals surface area contributed by atoms with Crippen LogP contribution in [0.2, 0.25) is 0 Å². The van der Waals surface area contributed by atoms with Crippen molar-refractivity contribution in [3.8, 4) is 40.1 Å². The Morgan fingerprint density at radius 1 is 0.970 bits per heavy atom. The third-order valence-electron chi connectivity index (χ3n) is 4.86. The quantitative estimate of drug-likeness (QED) is 0.418. The number of rotatable bonds is 8. The average molecular weight is 445 g/mol. The van der Waals surface area contributed by atoms with Gasteiger partial charge in [0.15, 0.2) is 6.61 Å². The van der Waals surface area contributed by atoms with Crippen molar-refractivity contribution in [1.29, 1.82) is 0 Å². The molecule has 0 unspecified atom stereocenters. The van der Waals surface area contributed by atoms with Gasteiger partial charge in [0.2, 0.25) is 5.82 Å². The molecule has 0 saturated carbocycles. The lowest BCUT2D eigenvalue weighted by Crippen LogP contribution is -2.20. The summed E-state index contributed by atoms with van der Waals surface area (Å²) in [5, 5.41) is 6.86. The first kappa shape index (κ1) is 21.9. The number of methoxy groups -OCH3 is 2. The minimum Gasteiger partial charge on any atom is -0.497 e. The number of aromatic nitrogens is 2. The number of para-hydroxylation sites is 1. The lowest BCUT2D eigenvalue weighted by atomic mass is 10.1. The highest BCUT2D eigenvalue weighted by atomic mass is 16.5. The molecule has 0 saturated heterocycles. The molecule has 1 heterocycles. The Balaban J connectivity index is 1.48. The first-order valence-corrected chi connectivity index (χ1v) is 10.2. The van der Waals surface area contributed by atoms with Crippen LogP contribution in [0.25, 0.3) is 22.8 Å². The normalized spacial score (nSPS) is 10.5. The Hall–Kier alpha value is -4.33. The van der Waals surface area contributed by atoms with E-state index in [9.17, 15) is 4.79 Å². The molecular weight excluding hydrogens is 422 g/mol. The van der Waals surface area contributed by atoms with E-state index in [0.717, 1.165) is 11.1 Å². The Kier molecular flexibility index (Phi) is 6.54. The van der Waals surface area contributed by atoms with Gasteiger partial charge in [-0.1, -0.05) is 41.1 Å². The molecule has 8 heteroatoms. The number of nitrogens with zero attached hydrogens (tertiary/aromatic N) is 2. The van der Waals surface area contributed by atoms with Gasteiger partial charge < -0.3 is 24.1 Å². The average Bonchev–Trinajstić information content (AvgIpc) is 3.33. The molecule has 0 bridgehead atoms. The summed E-state index contributed by atoms with van der Waals surface area (Å²) in [7, 11) is 3.08. The number of anilines is 1. The summed E-state index contributed by atoms with van der Waals surface area (Å²) in [6.45, 7) is 1.77. The highest BCUT2D eigenvalue weighted by Gasteiger charge is 2.16. The molecule has 0 fully saturated rings. The molecule has 1 aromatic heterocycles. The number of aryl methyl sites for hydroxylation is 1. The van der Waals surface area contributed by atoms with Gasteiger partial charge in [0.1, 0.15) is 17.2 Å². The van der Waals surface area contributed by atoms with Crippen LogP contribution in [-0.4, -0.2) is 36.9 Å². The molecule has 0 radical (unpaired) electrons. The van der Waals surface area contributed by atoms with Crippen LogP contribution in [0.3, 0.4) is 0 Å². The van der Waals surface area contributed by atoms with Crippen LogP contribution in [0, 0.1) is 6.92 Å². The molecule has 4 aromatic rings. The molecule has 168 valence electrons. The number of hydrogen-bond donors (Lipinski definition) is 1. The molecule has 33 heavy (non-hydrogen) atoms. The smallest absolute Gasteiger partial charge is 0.262 e. The molecular formula is C25H23N3O5. The van der Waals surface area contributed by atoms with Crippen molar-refractivity contribution in [3.63, 3.8) is 0 Å². The second kappa shape index (κ2) is 9.86. The number of carbonyl (C=O) groups is 1. The van der Waals surface area contributed by atoms with E-state index in [1.54, 1.807) is 43.5 Å². The number of benzene rings is 3. The fraction of sp³-hybridized carbons (Fsp3) is 0.160. The Bertz CT molecular complexity index is 1270. The standard InChI is InChI=1S/C25H23N3O5/c1-16-7-6-8-17(13-16)24-27-25(33-28-24)19-9-4-5-10-21(19)32-15-23(29)26-20-14-18(30-2)11-12-22(20)31-3/h4-14H,15H2,1-3H3,(H,26,29). The molecule has 4 rings (SSSR count). The third-order valence-corrected chi connectivity index (χ3v) is 4.86. The van der Waals surface area contributed by atoms with Crippen molar-refractivity contribution in [2.45, 2.75) is 6.92 Å². The predicted molar refractivity (Wildman–Crippen MR) is 124 cm³/mol. The van der Waals surface area contributed by atoms with Gasteiger partial charge in [-0.2, -0.15) is 4.98 Å². The van der Waals surface area contributed by atoms with Gasteiger partial charge in [-0.15, -0.1) is 0 Å². The molecule has 0 atom stereocenters. The van der Waals surface area contributed by atoms with Gasteiger partial charge in [0, 0.05) is 11.6 Å². The number of hydrogen-bond acceptors (Lipinski definition) is 7. The van der Waals surface area contributed by atoms with Crippen LogP contribution in [0.15, 0.2) is 71.3 Å². The van der Waals surface area contributed by atoms with Crippen molar-refractivity contribution in [2.75, 3.05) is 26.1 Å². The van der Waals surface area contributed by atoms with Crippen LogP contribution in [0.5, 0.6) is 17.2 Å². The molecule has 1 N–H and O–H groups in total. The summed E-state index contributed by atoms with van der Waals surface area (Å²) < 4.78 is 21.8. The number of amides is 1. The molecule has 3 aromatic carbocycles. The molecule has 8 nitrogen and oxygen atoms in total. The topological polar surface area (TPSA) is 95.7 Å². The van der Waals surface area contributed by atoms with Gasteiger partial charge >= 0.3 is 0 Å². The zero-order valence-corrected chi connectivity index (χ0v) is 18.5. The van der Waals surface area contributed by atoms with Crippen LogP contribution in [-0.2, 0) is 4.79 Å². The summed E-state index contributed by atoms with van der Waals surface area (Å²) >= 11 is 0. The first-order chi connectivity index (χ1) is 16.1. The summed E-state index contributed by atoms with van der Waals surface area (Å²) in [5.74, 6) is 1.98. The van der Waals surface area contributed by atoms with Gasteiger partial charge in [-0.25, -0.2) is 0 Å². The lowest BCUT2D eigenvalue weighted by molar-refractivity contribution is -0.118. The third kappa shape index (κ3) is 5.12. The Labute approximate surface area is 191 Å². The second-order valence-electron chi connectivity index (χ2n) is 7.19. The van der Waals surface area contributed by atoms with Crippen molar-refractivity contribution >= 4 is 11.6 Å². The fourth-order valence-corrected chi connectivity index (χ4v) is 3.24. The summed E-state index contributed by atoms with van der Waals surface area (Å²) in [4.78, 5) is 17.0. The van der Waals surface area contributed by atoms with E-state index >= 15 is 0 Å². The highest BCUT2D eigenvalue weighted by molar-refractivity contribution is 5.93. The van der Waals surface area contributed by atoms with Crippen molar-refractivity contribution in [2.24, 2.45) is 0 Å². The largest absolute Gasteiger partial charge is 0.497 e. The summed E-state index contributed by atoms with van der Waals surface area (Å²) in [5.41, 5.74) is 3.03.